The number of phenols is 1. The van der Waals surface area contributed by atoms with E-state index >= 15 is 0 Å². The molecule has 3 atom stereocenters. The summed E-state index contributed by atoms with van der Waals surface area (Å²) in [6.07, 6.45) is 1.17. The second kappa shape index (κ2) is 12.9. The normalized spacial score (nSPS) is 19.6. The van der Waals surface area contributed by atoms with Gasteiger partial charge < -0.3 is 34.5 Å². The molecule has 0 aromatic heterocycles. The van der Waals surface area contributed by atoms with E-state index in [4.69, 9.17) is 18.9 Å². The number of aromatic hydroxyl groups is 1. The first kappa shape index (κ1) is 27.8. The summed E-state index contributed by atoms with van der Waals surface area (Å²) in [5, 5.41) is 23.1. The number of rotatable bonds is 12. The van der Waals surface area contributed by atoms with Crippen molar-refractivity contribution in [2.75, 3.05) is 47.2 Å². The molecule has 10 nitrogen and oxygen atoms in total. The fraction of sp³-hybridized carbons (Fsp3) is 0.667. The Balaban J connectivity index is 1.94. The molecule has 1 amide bonds. The lowest BCUT2D eigenvalue weighted by Gasteiger charge is -2.32. The molecule has 10 heteroatoms. The molecule has 0 unspecified atom stereocenters. The van der Waals surface area contributed by atoms with Crippen molar-refractivity contribution in [2.24, 2.45) is 0 Å². The van der Waals surface area contributed by atoms with Crippen LogP contribution in [-0.4, -0.2) is 97.9 Å². The number of nitrogens with zero attached hydrogens (tertiary/aromatic N) is 1. The fourth-order valence-corrected chi connectivity index (χ4v) is 3.87. The van der Waals surface area contributed by atoms with Gasteiger partial charge in [0.25, 0.3) is 5.91 Å². The van der Waals surface area contributed by atoms with Crippen molar-refractivity contribution >= 4 is 11.9 Å². The Bertz CT molecular complexity index is 811. The van der Waals surface area contributed by atoms with Gasteiger partial charge in [0.1, 0.15) is 29.7 Å². The van der Waals surface area contributed by atoms with Gasteiger partial charge in [-0.05, 0) is 52.8 Å². The minimum Gasteiger partial charge on any atom is -0.507 e. The number of hydrogen-bond donors (Lipinski definition) is 3. The predicted molar refractivity (Wildman–Crippen MR) is 125 cm³/mol. The standard InChI is InChI=1S/C24H38N2O8/c1-24(2,3)34-23(30)20-9-8-19(26(20)4)18(15-27)25-22(29)17-7-6-16(14-21(17)28)33-13-12-32-11-10-31-5/h6-7,14,18-20,27-28H,8-13,15H2,1-5H3,(H,25,29)/t18-,19+,20+/m0/s1. The number of carbonyl (C=O) groups is 2. The third-order valence-corrected chi connectivity index (χ3v) is 5.55. The topological polar surface area (TPSA) is 127 Å². The van der Waals surface area contributed by atoms with E-state index < -0.39 is 23.6 Å². The molecule has 1 heterocycles. The van der Waals surface area contributed by atoms with E-state index in [1.54, 1.807) is 20.2 Å². The average Bonchev–Trinajstić information content (AvgIpc) is 3.14. The van der Waals surface area contributed by atoms with Crippen LogP contribution in [0.1, 0.15) is 44.0 Å². The van der Waals surface area contributed by atoms with Crippen molar-refractivity contribution in [3.63, 3.8) is 0 Å². The number of benzene rings is 1. The summed E-state index contributed by atoms with van der Waals surface area (Å²) in [5.74, 6) is -0.685. The first-order valence-corrected chi connectivity index (χ1v) is 11.5. The number of aliphatic hydroxyl groups is 1. The minimum absolute atomic E-state index is 0.0616. The predicted octanol–water partition coefficient (Wildman–Crippen LogP) is 1.33. The van der Waals surface area contributed by atoms with E-state index in [1.807, 2.05) is 25.7 Å². The largest absolute Gasteiger partial charge is 0.507 e. The number of carbonyl (C=O) groups excluding carboxylic acids is 2. The van der Waals surface area contributed by atoms with Gasteiger partial charge in [-0.25, -0.2) is 0 Å². The molecule has 0 aliphatic carbocycles. The van der Waals surface area contributed by atoms with Crippen LogP contribution in [0.2, 0.25) is 0 Å². The summed E-state index contributed by atoms with van der Waals surface area (Å²) < 4.78 is 21.2. The Kier molecular flexibility index (Phi) is 10.6. The number of likely N-dealkylation sites (N-methyl/N-ethyl adjacent to an activating group) is 1. The van der Waals surface area contributed by atoms with Crippen molar-refractivity contribution in [3.8, 4) is 11.5 Å². The number of esters is 1. The van der Waals surface area contributed by atoms with Crippen molar-refractivity contribution in [1.29, 1.82) is 0 Å². The summed E-state index contributed by atoms with van der Waals surface area (Å²) in [7, 11) is 3.37. The maximum atomic E-state index is 12.8. The molecule has 1 aromatic carbocycles. The third-order valence-electron chi connectivity index (χ3n) is 5.55. The van der Waals surface area contributed by atoms with Gasteiger partial charge in [0, 0.05) is 19.2 Å². The highest BCUT2D eigenvalue weighted by Crippen LogP contribution is 2.28. The molecular formula is C24H38N2O8. The highest BCUT2D eigenvalue weighted by molar-refractivity contribution is 5.97. The SMILES string of the molecule is COCCOCCOc1ccc(C(=O)N[C@@H](CO)[C@H]2CC[C@H](C(=O)OC(C)(C)C)N2C)c(O)c1. The Morgan fingerprint density at radius 1 is 1.18 bits per heavy atom. The second-order valence-corrected chi connectivity index (χ2v) is 9.25. The third kappa shape index (κ3) is 8.12. The van der Waals surface area contributed by atoms with Gasteiger partial charge in [0.2, 0.25) is 0 Å². The zero-order valence-corrected chi connectivity index (χ0v) is 20.7. The van der Waals surface area contributed by atoms with E-state index in [0.717, 1.165) is 0 Å². The van der Waals surface area contributed by atoms with Crippen LogP contribution in [0.15, 0.2) is 18.2 Å². The molecule has 3 N–H and O–H groups in total. The van der Waals surface area contributed by atoms with Gasteiger partial charge >= 0.3 is 5.97 Å². The molecule has 34 heavy (non-hydrogen) atoms. The molecular weight excluding hydrogens is 444 g/mol. The highest BCUT2D eigenvalue weighted by atomic mass is 16.6. The summed E-state index contributed by atoms with van der Waals surface area (Å²) in [6.45, 7) is 6.74. The van der Waals surface area contributed by atoms with Gasteiger partial charge in [0.05, 0.1) is 38.0 Å². The summed E-state index contributed by atoms with van der Waals surface area (Å²) in [5.41, 5.74) is -0.531. The van der Waals surface area contributed by atoms with Crippen molar-refractivity contribution in [1.82, 2.24) is 10.2 Å². The molecule has 192 valence electrons. The number of aliphatic hydroxyl groups excluding tert-OH is 1. The van der Waals surface area contributed by atoms with Gasteiger partial charge in [-0.2, -0.15) is 0 Å². The molecule has 0 spiro atoms. The highest BCUT2D eigenvalue weighted by Gasteiger charge is 2.41. The zero-order valence-electron chi connectivity index (χ0n) is 20.7. The lowest BCUT2D eigenvalue weighted by Crippen LogP contribution is -2.52. The average molecular weight is 483 g/mol. The smallest absolute Gasteiger partial charge is 0.323 e. The fourth-order valence-electron chi connectivity index (χ4n) is 3.87. The monoisotopic (exact) mass is 482 g/mol. The van der Waals surface area contributed by atoms with Crippen LogP contribution in [0.5, 0.6) is 11.5 Å². The van der Waals surface area contributed by atoms with Crippen molar-refractivity contribution in [2.45, 2.75) is 57.3 Å². The molecule has 1 aliphatic rings. The Morgan fingerprint density at radius 2 is 1.88 bits per heavy atom. The number of nitrogens with one attached hydrogen (secondary N) is 1. The van der Waals surface area contributed by atoms with Crippen LogP contribution in [-0.2, 0) is 19.0 Å². The molecule has 1 saturated heterocycles. The number of hydrogen-bond acceptors (Lipinski definition) is 9. The molecule has 0 saturated carbocycles. The first-order valence-electron chi connectivity index (χ1n) is 11.5. The maximum Gasteiger partial charge on any atom is 0.323 e. The lowest BCUT2D eigenvalue weighted by atomic mass is 10.1. The van der Waals surface area contributed by atoms with Crippen molar-refractivity contribution < 1.29 is 38.7 Å². The van der Waals surface area contributed by atoms with Crippen LogP contribution in [0, 0.1) is 0 Å². The minimum atomic E-state index is -0.621. The number of amides is 1. The molecule has 2 rings (SSSR count). The molecule has 1 fully saturated rings. The quantitative estimate of drug-likeness (QED) is 0.299. The van der Waals surface area contributed by atoms with Crippen LogP contribution in [0.25, 0.3) is 0 Å². The Hall–Kier alpha value is -2.40. The Morgan fingerprint density at radius 3 is 2.50 bits per heavy atom. The van der Waals surface area contributed by atoms with E-state index in [9.17, 15) is 19.8 Å². The van der Waals surface area contributed by atoms with Gasteiger partial charge in [-0.1, -0.05) is 0 Å². The molecule has 0 bridgehead atoms. The number of ether oxygens (including phenoxy) is 4. The van der Waals surface area contributed by atoms with Crippen LogP contribution in [0.3, 0.4) is 0 Å². The van der Waals surface area contributed by atoms with E-state index in [-0.39, 0.29) is 36.5 Å². The van der Waals surface area contributed by atoms with Gasteiger partial charge in [0.15, 0.2) is 0 Å². The van der Waals surface area contributed by atoms with E-state index in [0.29, 0.717) is 38.4 Å². The first-order chi connectivity index (χ1) is 16.1. The van der Waals surface area contributed by atoms with E-state index in [1.165, 1.54) is 12.1 Å². The van der Waals surface area contributed by atoms with Gasteiger partial charge in [-0.3, -0.25) is 14.5 Å². The number of likely N-dealkylation sites (tertiary alicyclic amines) is 1. The van der Waals surface area contributed by atoms with Crippen LogP contribution >= 0.6 is 0 Å². The molecule has 1 aromatic rings. The second-order valence-electron chi connectivity index (χ2n) is 9.25. The summed E-state index contributed by atoms with van der Waals surface area (Å²) >= 11 is 0. The van der Waals surface area contributed by atoms with Crippen LogP contribution < -0.4 is 10.1 Å². The maximum absolute atomic E-state index is 12.8. The number of phenolic OH excluding ortho intramolecular Hbond substituents is 1. The zero-order chi connectivity index (χ0) is 25.3. The molecule has 1 aliphatic heterocycles. The lowest BCUT2D eigenvalue weighted by molar-refractivity contribution is -0.160. The number of methoxy groups -OCH3 is 1. The van der Waals surface area contributed by atoms with Crippen molar-refractivity contribution in [3.05, 3.63) is 23.8 Å². The summed E-state index contributed by atoms with van der Waals surface area (Å²) in [6, 6.07) is 3.08. The van der Waals surface area contributed by atoms with E-state index in [2.05, 4.69) is 5.32 Å². The van der Waals surface area contributed by atoms with Gasteiger partial charge in [-0.15, -0.1) is 0 Å². The summed E-state index contributed by atoms with van der Waals surface area (Å²) in [4.78, 5) is 27.2. The molecule has 0 radical (unpaired) electrons. The van der Waals surface area contributed by atoms with Crippen LogP contribution in [0.4, 0.5) is 0 Å². The Labute approximate surface area is 201 Å².